The van der Waals surface area contributed by atoms with E-state index in [0.717, 1.165) is 36.3 Å². The molecule has 2 aromatic rings. The SMILES string of the molecule is Nc1n[nH]c(C2CCCO2)c1-c1ccccc1Cl. The number of nitrogens with one attached hydrogen (secondary N) is 1. The molecule has 94 valence electrons. The topological polar surface area (TPSA) is 63.9 Å². The van der Waals surface area contributed by atoms with Gasteiger partial charge in [-0.1, -0.05) is 29.8 Å². The maximum absolute atomic E-state index is 6.23. The summed E-state index contributed by atoms with van der Waals surface area (Å²) in [5.74, 6) is 0.466. The van der Waals surface area contributed by atoms with Crippen LogP contribution in [0.3, 0.4) is 0 Å². The molecule has 3 N–H and O–H groups in total. The van der Waals surface area contributed by atoms with Crippen LogP contribution in [0.15, 0.2) is 24.3 Å². The molecule has 1 unspecified atom stereocenters. The summed E-state index contributed by atoms with van der Waals surface area (Å²) in [4.78, 5) is 0. The molecule has 2 heterocycles. The summed E-state index contributed by atoms with van der Waals surface area (Å²) in [5, 5.41) is 7.75. The van der Waals surface area contributed by atoms with Gasteiger partial charge in [0.1, 0.15) is 0 Å². The van der Waals surface area contributed by atoms with E-state index in [1.165, 1.54) is 0 Å². The van der Waals surface area contributed by atoms with Crippen molar-refractivity contribution in [2.45, 2.75) is 18.9 Å². The molecule has 1 aromatic carbocycles. The average Bonchev–Trinajstić information content (AvgIpc) is 2.99. The third kappa shape index (κ3) is 1.87. The van der Waals surface area contributed by atoms with Crippen molar-refractivity contribution in [3.05, 3.63) is 35.0 Å². The van der Waals surface area contributed by atoms with Crippen LogP contribution in [-0.2, 0) is 4.74 Å². The Labute approximate surface area is 110 Å². The number of benzene rings is 1. The van der Waals surface area contributed by atoms with Gasteiger partial charge in [0.25, 0.3) is 0 Å². The Balaban J connectivity index is 2.11. The van der Waals surface area contributed by atoms with Gasteiger partial charge >= 0.3 is 0 Å². The van der Waals surface area contributed by atoms with Crippen molar-refractivity contribution in [3.63, 3.8) is 0 Å². The highest BCUT2D eigenvalue weighted by Gasteiger charge is 2.25. The molecule has 0 bridgehead atoms. The molecule has 1 atom stereocenters. The van der Waals surface area contributed by atoms with Crippen molar-refractivity contribution in [2.75, 3.05) is 12.3 Å². The monoisotopic (exact) mass is 263 g/mol. The van der Waals surface area contributed by atoms with Crippen LogP contribution in [0.4, 0.5) is 5.82 Å². The third-order valence-electron chi connectivity index (χ3n) is 3.22. The van der Waals surface area contributed by atoms with Crippen LogP contribution in [0.2, 0.25) is 5.02 Å². The zero-order valence-electron chi connectivity index (χ0n) is 9.82. The Bertz CT molecular complexity index is 561. The van der Waals surface area contributed by atoms with Crippen molar-refractivity contribution < 1.29 is 4.74 Å². The van der Waals surface area contributed by atoms with Crippen LogP contribution in [-0.4, -0.2) is 16.8 Å². The van der Waals surface area contributed by atoms with Crippen LogP contribution in [0.1, 0.15) is 24.6 Å². The first-order valence-electron chi connectivity index (χ1n) is 5.97. The summed E-state index contributed by atoms with van der Waals surface area (Å²) in [6.07, 6.45) is 2.09. The smallest absolute Gasteiger partial charge is 0.153 e. The second kappa shape index (κ2) is 4.63. The van der Waals surface area contributed by atoms with Gasteiger partial charge in [-0.2, -0.15) is 5.10 Å². The van der Waals surface area contributed by atoms with Crippen LogP contribution in [0.25, 0.3) is 11.1 Å². The first-order chi connectivity index (χ1) is 8.77. The van der Waals surface area contributed by atoms with Gasteiger partial charge in [0.05, 0.1) is 17.4 Å². The zero-order valence-corrected chi connectivity index (χ0v) is 10.6. The highest BCUT2D eigenvalue weighted by molar-refractivity contribution is 6.33. The molecule has 18 heavy (non-hydrogen) atoms. The Kier molecular flexibility index (Phi) is 2.97. The highest BCUT2D eigenvalue weighted by atomic mass is 35.5. The maximum atomic E-state index is 6.23. The van der Waals surface area contributed by atoms with Gasteiger partial charge in [-0.25, -0.2) is 0 Å². The molecule has 1 saturated heterocycles. The Hall–Kier alpha value is -1.52. The van der Waals surface area contributed by atoms with Gasteiger partial charge in [0.2, 0.25) is 0 Å². The quantitative estimate of drug-likeness (QED) is 0.875. The lowest BCUT2D eigenvalue weighted by Gasteiger charge is -2.11. The average molecular weight is 264 g/mol. The van der Waals surface area contributed by atoms with Crippen LogP contribution in [0, 0.1) is 0 Å². The van der Waals surface area contributed by atoms with Gasteiger partial charge in [-0.05, 0) is 18.9 Å². The third-order valence-corrected chi connectivity index (χ3v) is 3.55. The van der Waals surface area contributed by atoms with Crippen molar-refractivity contribution in [1.82, 2.24) is 10.2 Å². The Morgan fingerprint density at radius 1 is 1.39 bits per heavy atom. The first-order valence-corrected chi connectivity index (χ1v) is 6.35. The lowest BCUT2D eigenvalue weighted by Crippen LogP contribution is -1.99. The molecular weight excluding hydrogens is 250 g/mol. The van der Waals surface area contributed by atoms with E-state index in [2.05, 4.69) is 10.2 Å². The van der Waals surface area contributed by atoms with Crippen molar-refractivity contribution in [1.29, 1.82) is 0 Å². The molecular formula is C13H14ClN3O. The molecule has 0 radical (unpaired) electrons. The number of H-pyrrole nitrogens is 1. The maximum Gasteiger partial charge on any atom is 0.153 e. The van der Waals surface area contributed by atoms with Gasteiger partial charge in [-0.15, -0.1) is 0 Å². The summed E-state index contributed by atoms with van der Waals surface area (Å²) in [6, 6.07) is 7.63. The molecule has 5 heteroatoms. The summed E-state index contributed by atoms with van der Waals surface area (Å²) in [5.41, 5.74) is 8.65. The van der Waals surface area contributed by atoms with Crippen LogP contribution >= 0.6 is 11.6 Å². The van der Waals surface area contributed by atoms with E-state index in [0.29, 0.717) is 10.8 Å². The number of rotatable bonds is 2. The molecule has 0 amide bonds. The van der Waals surface area contributed by atoms with E-state index in [9.17, 15) is 0 Å². The van der Waals surface area contributed by atoms with E-state index >= 15 is 0 Å². The second-order valence-electron chi connectivity index (χ2n) is 4.38. The largest absolute Gasteiger partial charge is 0.382 e. The summed E-state index contributed by atoms with van der Waals surface area (Å²) in [7, 11) is 0. The van der Waals surface area contributed by atoms with Gasteiger partial charge in [0, 0.05) is 17.2 Å². The number of aromatic amines is 1. The lowest BCUT2D eigenvalue weighted by atomic mass is 10.0. The van der Waals surface area contributed by atoms with E-state index in [1.807, 2.05) is 24.3 Å². The van der Waals surface area contributed by atoms with Crippen molar-refractivity contribution >= 4 is 17.4 Å². The van der Waals surface area contributed by atoms with Crippen LogP contribution < -0.4 is 5.73 Å². The summed E-state index contributed by atoms with van der Waals surface area (Å²) in [6.45, 7) is 0.783. The van der Waals surface area contributed by atoms with E-state index in [-0.39, 0.29) is 6.10 Å². The highest BCUT2D eigenvalue weighted by Crippen LogP contribution is 2.39. The van der Waals surface area contributed by atoms with Crippen molar-refractivity contribution in [3.8, 4) is 11.1 Å². The number of halogens is 1. The molecule has 3 rings (SSSR count). The molecule has 1 aromatic heterocycles. The van der Waals surface area contributed by atoms with Crippen molar-refractivity contribution in [2.24, 2.45) is 0 Å². The fourth-order valence-electron chi connectivity index (χ4n) is 2.36. The number of nitrogens with two attached hydrogens (primary N) is 1. The Morgan fingerprint density at radius 3 is 2.94 bits per heavy atom. The number of nitrogens with zero attached hydrogens (tertiary/aromatic N) is 1. The van der Waals surface area contributed by atoms with Gasteiger partial charge in [-0.3, -0.25) is 5.10 Å². The number of aromatic nitrogens is 2. The first kappa shape index (κ1) is 11.6. The molecule has 0 aliphatic carbocycles. The predicted molar refractivity (Wildman–Crippen MR) is 71.4 cm³/mol. The lowest BCUT2D eigenvalue weighted by molar-refractivity contribution is 0.109. The summed E-state index contributed by atoms with van der Waals surface area (Å²) < 4.78 is 5.68. The second-order valence-corrected chi connectivity index (χ2v) is 4.79. The number of nitrogen functional groups attached to an aromatic ring is 1. The van der Waals surface area contributed by atoms with E-state index in [1.54, 1.807) is 0 Å². The van der Waals surface area contributed by atoms with Gasteiger partial charge < -0.3 is 10.5 Å². The fraction of sp³-hybridized carbons (Fsp3) is 0.308. The Morgan fingerprint density at radius 2 is 2.22 bits per heavy atom. The van der Waals surface area contributed by atoms with E-state index < -0.39 is 0 Å². The number of hydrogen-bond donors (Lipinski definition) is 2. The predicted octanol–water partition coefficient (Wildman–Crippen LogP) is 3.16. The molecule has 1 aliphatic heterocycles. The molecule has 4 nitrogen and oxygen atoms in total. The fourth-order valence-corrected chi connectivity index (χ4v) is 2.59. The van der Waals surface area contributed by atoms with Gasteiger partial charge in [0.15, 0.2) is 5.82 Å². The molecule has 1 aliphatic rings. The normalized spacial score (nSPS) is 19.3. The minimum atomic E-state index is 0.0427. The number of anilines is 1. The molecule has 0 saturated carbocycles. The summed E-state index contributed by atoms with van der Waals surface area (Å²) >= 11 is 6.23. The number of hydrogen-bond acceptors (Lipinski definition) is 3. The standard InChI is InChI=1S/C13H14ClN3O/c14-9-5-2-1-4-8(9)11-12(16-17-13(11)15)10-6-3-7-18-10/h1-2,4-5,10H,3,6-7H2,(H3,15,16,17). The van der Waals surface area contributed by atoms with Crippen LogP contribution in [0.5, 0.6) is 0 Å². The molecule has 1 fully saturated rings. The molecule has 0 spiro atoms. The number of ether oxygens (including phenoxy) is 1. The zero-order chi connectivity index (χ0) is 12.5. The minimum Gasteiger partial charge on any atom is -0.382 e. The minimum absolute atomic E-state index is 0.0427. The van der Waals surface area contributed by atoms with E-state index in [4.69, 9.17) is 22.1 Å².